The van der Waals surface area contributed by atoms with Gasteiger partial charge in [-0.15, -0.1) is 11.3 Å². The fraction of sp³-hybridized carbons (Fsp3) is 0.400. The number of aromatic nitrogens is 1. The van der Waals surface area contributed by atoms with Crippen LogP contribution in [0.25, 0.3) is 0 Å². The molecule has 19 heavy (non-hydrogen) atoms. The Balaban J connectivity index is 2.10. The Hall–Kier alpha value is -1.39. The van der Waals surface area contributed by atoms with Gasteiger partial charge in [0.1, 0.15) is 5.82 Å². The highest BCUT2D eigenvalue weighted by Crippen LogP contribution is 2.20. The summed E-state index contributed by atoms with van der Waals surface area (Å²) in [5, 5.41) is 11.7. The van der Waals surface area contributed by atoms with Crippen LogP contribution in [0.2, 0.25) is 0 Å². The van der Waals surface area contributed by atoms with Crippen molar-refractivity contribution < 1.29 is 5.11 Å². The summed E-state index contributed by atoms with van der Waals surface area (Å²) in [7, 11) is 2.05. The summed E-state index contributed by atoms with van der Waals surface area (Å²) in [6, 6.07) is 8.42. The molecular weight excluding hydrogens is 256 g/mol. The predicted molar refractivity (Wildman–Crippen MR) is 80.8 cm³/mol. The van der Waals surface area contributed by atoms with Gasteiger partial charge >= 0.3 is 0 Å². The summed E-state index contributed by atoms with van der Waals surface area (Å²) in [5.74, 6) is 0.905. The van der Waals surface area contributed by atoms with Gasteiger partial charge in [0.05, 0.1) is 6.10 Å². The average molecular weight is 276 g/mol. The molecule has 2 aromatic rings. The van der Waals surface area contributed by atoms with Gasteiger partial charge in [0, 0.05) is 30.6 Å². The van der Waals surface area contributed by atoms with Crippen molar-refractivity contribution in [3.05, 3.63) is 46.3 Å². The van der Waals surface area contributed by atoms with Crippen LogP contribution in [-0.2, 0) is 6.42 Å². The van der Waals surface area contributed by atoms with E-state index in [1.807, 2.05) is 19.2 Å². The minimum absolute atomic E-state index is 0.371. The molecule has 4 heteroatoms. The molecule has 0 aromatic carbocycles. The number of anilines is 1. The number of rotatable bonds is 5. The zero-order valence-corrected chi connectivity index (χ0v) is 12.4. The summed E-state index contributed by atoms with van der Waals surface area (Å²) in [4.78, 5) is 7.93. The van der Waals surface area contributed by atoms with Crippen LogP contribution >= 0.6 is 11.3 Å². The Morgan fingerprint density at radius 3 is 2.79 bits per heavy atom. The number of nitrogens with zero attached hydrogens (tertiary/aromatic N) is 2. The monoisotopic (exact) mass is 276 g/mol. The molecule has 2 aromatic heterocycles. The Kier molecular flexibility index (Phi) is 4.56. The second-order valence-electron chi connectivity index (χ2n) is 4.87. The van der Waals surface area contributed by atoms with Gasteiger partial charge in [-0.3, -0.25) is 0 Å². The Bertz CT molecular complexity index is 511. The van der Waals surface area contributed by atoms with E-state index in [-0.39, 0.29) is 0 Å². The molecule has 3 nitrogen and oxygen atoms in total. The molecule has 102 valence electrons. The van der Waals surface area contributed by atoms with Gasteiger partial charge in [-0.2, -0.15) is 0 Å². The van der Waals surface area contributed by atoms with E-state index in [0.717, 1.165) is 17.8 Å². The van der Waals surface area contributed by atoms with E-state index in [4.69, 9.17) is 0 Å². The van der Waals surface area contributed by atoms with Crippen molar-refractivity contribution in [3.8, 4) is 0 Å². The molecule has 0 saturated carbocycles. The van der Waals surface area contributed by atoms with E-state index in [1.165, 1.54) is 4.88 Å². The number of thiophene rings is 1. The highest BCUT2D eigenvalue weighted by atomic mass is 32.1. The molecule has 0 aliphatic carbocycles. The van der Waals surface area contributed by atoms with Crippen LogP contribution < -0.4 is 4.90 Å². The van der Waals surface area contributed by atoms with Crippen LogP contribution in [0.1, 0.15) is 30.4 Å². The summed E-state index contributed by atoms with van der Waals surface area (Å²) in [5.41, 5.74) is 0.903. The lowest BCUT2D eigenvalue weighted by Gasteiger charge is -2.26. The Morgan fingerprint density at radius 2 is 2.16 bits per heavy atom. The van der Waals surface area contributed by atoms with Crippen LogP contribution in [0.5, 0.6) is 0 Å². The van der Waals surface area contributed by atoms with E-state index < -0.39 is 6.10 Å². The first-order chi connectivity index (χ1) is 9.08. The van der Waals surface area contributed by atoms with Gasteiger partial charge in [0.2, 0.25) is 0 Å². The summed E-state index contributed by atoms with van der Waals surface area (Å²) in [6.45, 7) is 3.96. The Morgan fingerprint density at radius 1 is 1.37 bits per heavy atom. The molecule has 0 saturated heterocycles. The highest BCUT2D eigenvalue weighted by molar-refractivity contribution is 7.09. The fourth-order valence-electron chi connectivity index (χ4n) is 1.97. The summed E-state index contributed by atoms with van der Waals surface area (Å²) in [6.07, 6.45) is 2.31. The first-order valence-corrected chi connectivity index (χ1v) is 7.35. The van der Waals surface area contributed by atoms with Crippen LogP contribution in [0, 0.1) is 0 Å². The third-order valence-electron chi connectivity index (χ3n) is 3.35. The Labute approximate surface area is 118 Å². The fourth-order valence-corrected chi connectivity index (χ4v) is 2.80. The van der Waals surface area contributed by atoms with Crippen molar-refractivity contribution in [2.45, 2.75) is 32.4 Å². The number of likely N-dealkylation sites (N-methyl/N-ethyl adjacent to an activating group) is 1. The second-order valence-corrected chi connectivity index (χ2v) is 5.90. The second kappa shape index (κ2) is 6.17. The maximum atomic E-state index is 9.63. The van der Waals surface area contributed by atoms with Crippen LogP contribution in [-0.4, -0.2) is 23.2 Å². The lowest BCUT2D eigenvalue weighted by Crippen LogP contribution is -2.31. The number of pyridine rings is 1. The molecule has 2 rings (SSSR count). The van der Waals surface area contributed by atoms with Crippen molar-refractivity contribution >= 4 is 17.2 Å². The quantitative estimate of drug-likeness (QED) is 0.910. The molecule has 0 bridgehead atoms. The van der Waals surface area contributed by atoms with E-state index >= 15 is 0 Å². The van der Waals surface area contributed by atoms with Gasteiger partial charge in [-0.1, -0.05) is 6.07 Å². The zero-order valence-electron chi connectivity index (χ0n) is 11.6. The standard InChI is InChI=1S/C15H20N2OS/c1-11(9-14-5-4-8-19-14)17(3)15-10-13(12(2)18)6-7-16-15/h4-8,10-12,18H,9H2,1-3H3. The molecule has 2 atom stereocenters. The van der Waals surface area contributed by atoms with Crippen LogP contribution in [0.15, 0.2) is 35.8 Å². The van der Waals surface area contributed by atoms with Crippen molar-refractivity contribution in [2.24, 2.45) is 0 Å². The number of aliphatic hydroxyl groups is 1. The molecule has 0 radical (unpaired) electrons. The minimum Gasteiger partial charge on any atom is -0.389 e. The highest BCUT2D eigenvalue weighted by Gasteiger charge is 2.13. The van der Waals surface area contributed by atoms with Crippen molar-refractivity contribution in [3.63, 3.8) is 0 Å². The van der Waals surface area contributed by atoms with Gasteiger partial charge < -0.3 is 10.0 Å². The van der Waals surface area contributed by atoms with Crippen molar-refractivity contribution in [1.29, 1.82) is 0 Å². The largest absolute Gasteiger partial charge is 0.389 e. The third-order valence-corrected chi connectivity index (χ3v) is 4.25. The molecule has 0 spiro atoms. The van der Waals surface area contributed by atoms with Gasteiger partial charge in [0.25, 0.3) is 0 Å². The molecule has 0 aliphatic rings. The molecule has 0 amide bonds. The molecule has 2 unspecified atom stereocenters. The van der Waals surface area contributed by atoms with Crippen molar-refractivity contribution in [2.75, 3.05) is 11.9 Å². The van der Waals surface area contributed by atoms with E-state index in [1.54, 1.807) is 24.5 Å². The van der Waals surface area contributed by atoms with Gasteiger partial charge in [-0.05, 0) is 43.0 Å². The van der Waals surface area contributed by atoms with Crippen LogP contribution in [0.3, 0.4) is 0 Å². The van der Waals surface area contributed by atoms with E-state index in [0.29, 0.717) is 6.04 Å². The maximum Gasteiger partial charge on any atom is 0.128 e. The average Bonchev–Trinajstić information content (AvgIpc) is 2.90. The normalized spacial score (nSPS) is 14.1. The van der Waals surface area contributed by atoms with Gasteiger partial charge in [-0.25, -0.2) is 4.98 Å². The molecular formula is C15H20N2OS. The topological polar surface area (TPSA) is 36.4 Å². The van der Waals surface area contributed by atoms with Crippen LogP contribution in [0.4, 0.5) is 5.82 Å². The minimum atomic E-state index is -0.456. The lowest BCUT2D eigenvalue weighted by atomic mass is 10.1. The zero-order chi connectivity index (χ0) is 13.8. The third kappa shape index (κ3) is 3.55. The molecule has 0 aliphatic heterocycles. The van der Waals surface area contributed by atoms with Gasteiger partial charge in [0.15, 0.2) is 0 Å². The molecule has 1 N–H and O–H groups in total. The predicted octanol–water partition coefficient (Wildman–Crippen LogP) is 3.26. The first kappa shape index (κ1) is 14.0. The first-order valence-electron chi connectivity index (χ1n) is 6.47. The van der Waals surface area contributed by atoms with E-state index in [2.05, 4.69) is 34.3 Å². The maximum absolute atomic E-state index is 9.63. The molecule has 2 heterocycles. The lowest BCUT2D eigenvalue weighted by molar-refractivity contribution is 0.199. The smallest absolute Gasteiger partial charge is 0.128 e. The number of aliphatic hydroxyl groups excluding tert-OH is 1. The van der Waals surface area contributed by atoms with Crippen molar-refractivity contribution in [1.82, 2.24) is 4.98 Å². The summed E-state index contributed by atoms with van der Waals surface area (Å²) >= 11 is 1.78. The SMILES string of the molecule is CC(O)c1ccnc(N(C)C(C)Cc2cccs2)c1. The number of hydrogen-bond donors (Lipinski definition) is 1. The number of hydrogen-bond acceptors (Lipinski definition) is 4. The van der Waals surface area contributed by atoms with E-state index in [9.17, 15) is 5.11 Å². The summed E-state index contributed by atoms with van der Waals surface area (Å²) < 4.78 is 0. The molecule has 0 fully saturated rings.